The summed E-state index contributed by atoms with van der Waals surface area (Å²) in [5.41, 5.74) is 0.814. The third-order valence-electron chi connectivity index (χ3n) is 5.16. The van der Waals surface area contributed by atoms with Crippen molar-refractivity contribution in [2.75, 3.05) is 25.0 Å². The zero-order chi connectivity index (χ0) is 17.8. The van der Waals surface area contributed by atoms with Gasteiger partial charge >= 0.3 is 0 Å². The predicted octanol–water partition coefficient (Wildman–Crippen LogP) is 3.93. The van der Waals surface area contributed by atoms with Crippen LogP contribution < -0.4 is 10.1 Å². The van der Waals surface area contributed by atoms with E-state index in [0.717, 1.165) is 43.3 Å². The van der Waals surface area contributed by atoms with Crippen molar-refractivity contribution in [1.82, 2.24) is 9.88 Å². The van der Waals surface area contributed by atoms with Crippen molar-refractivity contribution in [3.8, 4) is 11.5 Å². The van der Waals surface area contributed by atoms with E-state index < -0.39 is 0 Å². The summed E-state index contributed by atoms with van der Waals surface area (Å²) in [6.45, 7) is 3.33. The van der Waals surface area contributed by atoms with E-state index in [4.69, 9.17) is 4.74 Å². The number of ether oxygens (including phenoxy) is 1. The fraction of sp³-hybridized carbons (Fsp3) is 0.429. The number of carbonyl (C=O) groups excluding carboxylic acids is 1. The summed E-state index contributed by atoms with van der Waals surface area (Å²) in [7, 11) is 0. The molecule has 1 saturated heterocycles. The number of pyridine rings is 1. The molecule has 1 amide bonds. The van der Waals surface area contributed by atoms with Crippen LogP contribution in [0.2, 0.25) is 0 Å². The summed E-state index contributed by atoms with van der Waals surface area (Å²) < 4.78 is 5.72. The number of rotatable bonds is 6. The van der Waals surface area contributed by atoms with Gasteiger partial charge in [-0.2, -0.15) is 0 Å². The van der Waals surface area contributed by atoms with Gasteiger partial charge in [-0.15, -0.1) is 0 Å². The van der Waals surface area contributed by atoms with Crippen molar-refractivity contribution in [1.29, 1.82) is 0 Å². The van der Waals surface area contributed by atoms with Crippen molar-refractivity contribution in [3.63, 3.8) is 0 Å². The molecule has 1 saturated carbocycles. The highest BCUT2D eigenvalue weighted by molar-refractivity contribution is 5.92. The molecule has 2 aliphatic rings. The molecule has 1 aromatic carbocycles. The molecule has 0 atom stereocenters. The molecule has 136 valence electrons. The lowest BCUT2D eigenvalue weighted by molar-refractivity contribution is -0.121. The molecule has 0 radical (unpaired) electrons. The molecule has 2 heterocycles. The molecule has 0 unspecified atom stereocenters. The molecule has 5 heteroatoms. The van der Waals surface area contributed by atoms with Crippen molar-refractivity contribution < 1.29 is 9.53 Å². The van der Waals surface area contributed by atoms with Crippen LogP contribution in [0.25, 0.3) is 0 Å². The van der Waals surface area contributed by atoms with Crippen molar-refractivity contribution >= 4 is 11.6 Å². The van der Waals surface area contributed by atoms with E-state index in [1.165, 1.54) is 19.4 Å². The van der Waals surface area contributed by atoms with Gasteiger partial charge in [0.05, 0.1) is 6.20 Å². The topological polar surface area (TPSA) is 54.5 Å². The Bertz CT molecular complexity index is 721. The third-order valence-corrected chi connectivity index (χ3v) is 5.16. The van der Waals surface area contributed by atoms with E-state index in [0.29, 0.717) is 5.75 Å². The van der Waals surface area contributed by atoms with E-state index in [9.17, 15) is 4.79 Å². The molecule has 4 rings (SSSR count). The monoisotopic (exact) mass is 351 g/mol. The lowest BCUT2D eigenvalue weighted by Crippen LogP contribution is -2.39. The zero-order valence-electron chi connectivity index (χ0n) is 14.9. The SMILES string of the molecule is O=C(Nc1ccc(Oc2cccnc2)cc1)C1CCN(CC2CC2)CC1. The first-order valence-electron chi connectivity index (χ1n) is 9.47. The number of carbonyl (C=O) groups is 1. The van der Waals surface area contributed by atoms with Crippen molar-refractivity contribution in [2.24, 2.45) is 11.8 Å². The molecule has 0 bridgehead atoms. The average molecular weight is 351 g/mol. The van der Waals surface area contributed by atoms with Gasteiger partial charge in [-0.05, 0) is 81.1 Å². The highest BCUT2D eigenvalue weighted by Gasteiger charge is 2.29. The lowest BCUT2D eigenvalue weighted by Gasteiger charge is -2.31. The molecule has 1 N–H and O–H groups in total. The number of hydrogen-bond donors (Lipinski definition) is 1. The summed E-state index contributed by atoms with van der Waals surface area (Å²) >= 11 is 0. The minimum Gasteiger partial charge on any atom is -0.456 e. The fourth-order valence-electron chi connectivity index (χ4n) is 3.44. The van der Waals surface area contributed by atoms with E-state index >= 15 is 0 Å². The first kappa shape index (κ1) is 17.0. The van der Waals surface area contributed by atoms with E-state index in [1.807, 2.05) is 36.4 Å². The Morgan fingerprint density at radius 3 is 2.50 bits per heavy atom. The van der Waals surface area contributed by atoms with Gasteiger partial charge in [-0.25, -0.2) is 0 Å². The number of amides is 1. The number of piperidine rings is 1. The number of likely N-dealkylation sites (tertiary alicyclic amines) is 1. The second-order valence-corrected chi connectivity index (χ2v) is 7.32. The molecular formula is C21H25N3O2. The molecule has 26 heavy (non-hydrogen) atoms. The van der Waals surface area contributed by atoms with Gasteiger partial charge in [0, 0.05) is 24.3 Å². The normalized spacial score (nSPS) is 18.5. The quantitative estimate of drug-likeness (QED) is 0.857. The van der Waals surface area contributed by atoms with Crippen LogP contribution in [0.4, 0.5) is 5.69 Å². The largest absolute Gasteiger partial charge is 0.456 e. The maximum Gasteiger partial charge on any atom is 0.227 e. The van der Waals surface area contributed by atoms with E-state index in [1.54, 1.807) is 12.4 Å². The maximum atomic E-state index is 12.5. The maximum absolute atomic E-state index is 12.5. The summed E-state index contributed by atoms with van der Waals surface area (Å²) in [5, 5.41) is 3.05. The van der Waals surface area contributed by atoms with Crippen LogP contribution in [-0.2, 0) is 4.79 Å². The third kappa shape index (κ3) is 4.61. The number of benzene rings is 1. The molecule has 5 nitrogen and oxygen atoms in total. The van der Waals surface area contributed by atoms with Gasteiger partial charge in [0.15, 0.2) is 0 Å². The smallest absolute Gasteiger partial charge is 0.227 e. The molecule has 2 aromatic rings. The number of hydrogen-bond acceptors (Lipinski definition) is 4. The second kappa shape index (κ2) is 7.87. The molecular weight excluding hydrogens is 326 g/mol. The lowest BCUT2D eigenvalue weighted by atomic mass is 9.95. The Hall–Kier alpha value is -2.40. The molecule has 1 aromatic heterocycles. The van der Waals surface area contributed by atoms with Crippen LogP contribution in [0.3, 0.4) is 0 Å². The number of aromatic nitrogens is 1. The van der Waals surface area contributed by atoms with Crippen LogP contribution in [0.15, 0.2) is 48.8 Å². The zero-order valence-corrected chi connectivity index (χ0v) is 14.9. The summed E-state index contributed by atoms with van der Waals surface area (Å²) in [5.74, 6) is 2.60. The van der Waals surface area contributed by atoms with Crippen molar-refractivity contribution in [2.45, 2.75) is 25.7 Å². The van der Waals surface area contributed by atoms with Gasteiger partial charge in [0.1, 0.15) is 11.5 Å². The molecule has 2 fully saturated rings. The minimum atomic E-state index is 0.122. The standard InChI is InChI=1S/C21H25N3O2/c25-21(17-9-12-24(13-10-17)15-16-3-4-16)23-18-5-7-19(8-6-18)26-20-2-1-11-22-14-20/h1-2,5-8,11,14,16-17H,3-4,9-10,12-13,15H2,(H,23,25). The molecule has 1 aliphatic carbocycles. The Kier molecular flexibility index (Phi) is 5.16. The highest BCUT2D eigenvalue weighted by atomic mass is 16.5. The highest BCUT2D eigenvalue weighted by Crippen LogP contribution is 2.31. The van der Waals surface area contributed by atoms with E-state index in [-0.39, 0.29) is 11.8 Å². The van der Waals surface area contributed by atoms with Crippen LogP contribution in [0, 0.1) is 11.8 Å². The Balaban J connectivity index is 1.26. The van der Waals surface area contributed by atoms with Gasteiger partial charge < -0.3 is 15.0 Å². The Morgan fingerprint density at radius 1 is 1.08 bits per heavy atom. The first-order valence-corrected chi connectivity index (χ1v) is 9.47. The van der Waals surface area contributed by atoms with Gasteiger partial charge in [-0.3, -0.25) is 9.78 Å². The summed E-state index contributed by atoms with van der Waals surface area (Å²) in [4.78, 5) is 19.1. The van der Waals surface area contributed by atoms with Gasteiger partial charge in [-0.1, -0.05) is 0 Å². The van der Waals surface area contributed by atoms with Crippen LogP contribution >= 0.6 is 0 Å². The minimum absolute atomic E-state index is 0.122. The van der Waals surface area contributed by atoms with Gasteiger partial charge in [0.25, 0.3) is 0 Å². The fourth-order valence-corrected chi connectivity index (χ4v) is 3.44. The Labute approximate surface area is 154 Å². The average Bonchev–Trinajstić information content (AvgIpc) is 3.49. The molecule has 1 aliphatic heterocycles. The van der Waals surface area contributed by atoms with Crippen molar-refractivity contribution in [3.05, 3.63) is 48.8 Å². The summed E-state index contributed by atoms with van der Waals surface area (Å²) in [6, 6.07) is 11.2. The number of anilines is 1. The second-order valence-electron chi connectivity index (χ2n) is 7.32. The van der Waals surface area contributed by atoms with Crippen LogP contribution in [0.5, 0.6) is 11.5 Å². The summed E-state index contributed by atoms with van der Waals surface area (Å²) in [6.07, 6.45) is 8.08. The first-order chi connectivity index (χ1) is 12.8. The van der Waals surface area contributed by atoms with Crippen LogP contribution in [-0.4, -0.2) is 35.4 Å². The molecule has 0 spiro atoms. The Morgan fingerprint density at radius 2 is 1.85 bits per heavy atom. The predicted molar refractivity (Wildman–Crippen MR) is 101 cm³/mol. The van der Waals surface area contributed by atoms with Gasteiger partial charge in [0.2, 0.25) is 5.91 Å². The van der Waals surface area contributed by atoms with E-state index in [2.05, 4.69) is 15.2 Å². The number of nitrogens with zero attached hydrogens (tertiary/aromatic N) is 2. The number of nitrogens with one attached hydrogen (secondary N) is 1. The van der Waals surface area contributed by atoms with Crippen LogP contribution in [0.1, 0.15) is 25.7 Å².